The summed E-state index contributed by atoms with van der Waals surface area (Å²) >= 11 is 0. The Morgan fingerprint density at radius 2 is 1.24 bits per heavy atom. The summed E-state index contributed by atoms with van der Waals surface area (Å²) in [6.45, 7) is 25.3. The van der Waals surface area contributed by atoms with Gasteiger partial charge in [-0.15, -0.1) is 0 Å². The van der Waals surface area contributed by atoms with Gasteiger partial charge in [0, 0.05) is 20.3 Å². The molecule has 0 aromatic carbocycles. The number of hydrogen-bond acceptors (Lipinski definition) is 4. The third-order valence-corrected chi connectivity index (χ3v) is 13.9. The standard InChI is InChI=1S/C19H39NO3Si2/c1-15(22-24(10,11)18(2,3)4)16(14-20(8)9)17(21)23-25(12,13)19(5,6)7/h14H,1H2,2-13H3/b16-14-. The monoisotopic (exact) mass is 385 g/mol. The van der Waals surface area contributed by atoms with Gasteiger partial charge in [0.15, 0.2) is 0 Å². The van der Waals surface area contributed by atoms with Crippen molar-refractivity contribution in [3.8, 4) is 0 Å². The molecule has 0 aliphatic carbocycles. The van der Waals surface area contributed by atoms with Crippen LogP contribution in [0.3, 0.4) is 0 Å². The van der Waals surface area contributed by atoms with E-state index in [0.717, 1.165) is 0 Å². The number of rotatable bonds is 6. The highest BCUT2D eigenvalue weighted by atomic mass is 28.4. The van der Waals surface area contributed by atoms with Crippen LogP contribution in [-0.4, -0.2) is 41.6 Å². The zero-order valence-electron chi connectivity index (χ0n) is 18.5. The van der Waals surface area contributed by atoms with Gasteiger partial charge in [-0.2, -0.15) is 0 Å². The molecule has 4 nitrogen and oxygen atoms in total. The molecule has 0 N–H and O–H groups in total. The van der Waals surface area contributed by atoms with Crippen molar-refractivity contribution in [1.29, 1.82) is 0 Å². The fourth-order valence-corrected chi connectivity index (χ4v) is 3.36. The van der Waals surface area contributed by atoms with Crippen molar-refractivity contribution < 1.29 is 13.6 Å². The fraction of sp³-hybridized carbons (Fsp3) is 0.737. The number of carbonyl (C=O) groups excluding carboxylic acids is 1. The van der Waals surface area contributed by atoms with Crippen LogP contribution in [0.4, 0.5) is 0 Å². The van der Waals surface area contributed by atoms with Crippen LogP contribution in [0.5, 0.6) is 0 Å². The first-order chi connectivity index (χ1) is 10.8. The van der Waals surface area contributed by atoms with Crippen molar-refractivity contribution in [2.75, 3.05) is 14.1 Å². The summed E-state index contributed by atoms with van der Waals surface area (Å²) in [5, 5.41) is -0.0178. The van der Waals surface area contributed by atoms with Gasteiger partial charge in [0.05, 0.1) is 0 Å². The van der Waals surface area contributed by atoms with E-state index in [0.29, 0.717) is 11.3 Å². The van der Waals surface area contributed by atoms with Crippen LogP contribution in [0.25, 0.3) is 0 Å². The van der Waals surface area contributed by atoms with E-state index >= 15 is 0 Å². The minimum absolute atomic E-state index is 0.0303. The number of nitrogens with zero attached hydrogens (tertiary/aromatic N) is 1. The lowest BCUT2D eigenvalue weighted by atomic mass is 10.2. The third kappa shape index (κ3) is 6.66. The molecule has 0 saturated heterocycles. The molecule has 0 amide bonds. The first-order valence-corrected chi connectivity index (χ1v) is 14.6. The van der Waals surface area contributed by atoms with Gasteiger partial charge in [0.25, 0.3) is 8.32 Å². The van der Waals surface area contributed by atoms with E-state index in [1.807, 2.05) is 19.0 Å². The molecule has 25 heavy (non-hydrogen) atoms. The maximum atomic E-state index is 12.9. The van der Waals surface area contributed by atoms with Gasteiger partial charge in [-0.25, -0.2) is 4.79 Å². The van der Waals surface area contributed by atoms with E-state index in [2.05, 4.69) is 74.3 Å². The second-order valence-electron chi connectivity index (χ2n) is 9.94. The smallest absolute Gasteiger partial charge is 0.330 e. The Morgan fingerprint density at radius 1 is 0.880 bits per heavy atom. The van der Waals surface area contributed by atoms with Gasteiger partial charge >= 0.3 is 5.97 Å². The van der Waals surface area contributed by atoms with Crippen LogP contribution in [-0.2, 0) is 13.6 Å². The average Bonchev–Trinajstić information content (AvgIpc) is 2.31. The molecule has 0 bridgehead atoms. The average molecular weight is 386 g/mol. The maximum absolute atomic E-state index is 12.9. The summed E-state index contributed by atoms with van der Waals surface area (Å²) in [4.78, 5) is 14.7. The summed E-state index contributed by atoms with van der Waals surface area (Å²) in [7, 11) is -0.547. The summed E-state index contributed by atoms with van der Waals surface area (Å²) in [5.74, 6) is 0.0630. The van der Waals surface area contributed by atoms with E-state index < -0.39 is 16.6 Å². The van der Waals surface area contributed by atoms with Crippen molar-refractivity contribution >= 4 is 22.6 Å². The minimum Gasteiger partial charge on any atom is -0.543 e. The molecular weight excluding hydrogens is 346 g/mol. The quantitative estimate of drug-likeness (QED) is 0.261. The summed E-state index contributed by atoms with van der Waals surface area (Å²) < 4.78 is 12.2. The SMILES string of the molecule is C=C(O[Si](C)(C)C(C)(C)C)/C(=C/N(C)C)C(=O)O[Si](C)(C)C(C)(C)C. The highest BCUT2D eigenvalue weighted by molar-refractivity contribution is 6.76. The van der Waals surface area contributed by atoms with Crippen LogP contribution in [0.15, 0.2) is 24.1 Å². The molecule has 0 rings (SSSR count). The molecule has 0 fully saturated rings. The molecule has 146 valence electrons. The predicted molar refractivity (Wildman–Crippen MR) is 112 cm³/mol. The van der Waals surface area contributed by atoms with Gasteiger partial charge in [-0.05, 0) is 36.3 Å². The summed E-state index contributed by atoms with van der Waals surface area (Å²) in [6.07, 6.45) is 1.74. The van der Waals surface area contributed by atoms with E-state index in [1.165, 1.54) is 0 Å². The van der Waals surface area contributed by atoms with E-state index in [9.17, 15) is 4.79 Å². The van der Waals surface area contributed by atoms with Gasteiger partial charge in [-0.1, -0.05) is 48.1 Å². The van der Waals surface area contributed by atoms with E-state index in [-0.39, 0.29) is 16.0 Å². The van der Waals surface area contributed by atoms with Crippen molar-refractivity contribution in [2.24, 2.45) is 0 Å². The van der Waals surface area contributed by atoms with Crippen LogP contribution in [0.2, 0.25) is 36.3 Å². The molecular formula is C19H39NO3Si2. The van der Waals surface area contributed by atoms with Gasteiger partial charge in [0.1, 0.15) is 11.3 Å². The topological polar surface area (TPSA) is 38.8 Å². The van der Waals surface area contributed by atoms with Crippen LogP contribution < -0.4 is 0 Å². The molecule has 0 aliphatic heterocycles. The Labute approximate surface area is 157 Å². The molecule has 0 aromatic heterocycles. The van der Waals surface area contributed by atoms with Crippen LogP contribution in [0.1, 0.15) is 41.5 Å². The van der Waals surface area contributed by atoms with Gasteiger partial charge in [0.2, 0.25) is 8.32 Å². The first-order valence-electron chi connectivity index (χ1n) is 8.82. The van der Waals surface area contributed by atoms with E-state index in [1.54, 1.807) is 6.20 Å². The van der Waals surface area contributed by atoms with Crippen molar-refractivity contribution in [3.63, 3.8) is 0 Å². The molecule has 0 atom stereocenters. The molecule has 0 heterocycles. The zero-order valence-corrected chi connectivity index (χ0v) is 20.5. The van der Waals surface area contributed by atoms with Crippen molar-refractivity contribution in [1.82, 2.24) is 4.90 Å². The molecule has 0 aliphatic rings. The molecule has 0 unspecified atom stereocenters. The normalized spacial score (nSPS) is 14.2. The Hall–Kier alpha value is -1.02. The molecule has 0 aromatic rings. The molecule has 6 heteroatoms. The Bertz CT molecular complexity index is 494. The molecule has 0 saturated carbocycles. The lowest BCUT2D eigenvalue weighted by Crippen LogP contribution is -2.44. The van der Waals surface area contributed by atoms with Gasteiger partial charge < -0.3 is 13.8 Å². The first kappa shape index (κ1) is 24.0. The van der Waals surface area contributed by atoms with Crippen LogP contribution in [0, 0.1) is 0 Å². The second-order valence-corrected chi connectivity index (χ2v) is 19.4. The fourth-order valence-electron chi connectivity index (χ4n) is 1.45. The zero-order chi connectivity index (χ0) is 20.4. The minimum atomic E-state index is -2.22. The lowest BCUT2D eigenvalue weighted by molar-refractivity contribution is -0.131. The largest absolute Gasteiger partial charge is 0.543 e. The van der Waals surface area contributed by atoms with Crippen LogP contribution >= 0.6 is 0 Å². The van der Waals surface area contributed by atoms with Gasteiger partial charge in [-0.3, -0.25) is 0 Å². The Kier molecular flexibility index (Phi) is 7.39. The number of hydrogen-bond donors (Lipinski definition) is 0. The highest BCUT2D eigenvalue weighted by Crippen LogP contribution is 2.40. The molecule has 0 spiro atoms. The summed E-state index contributed by atoms with van der Waals surface area (Å²) in [6, 6.07) is 0. The summed E-state index contributed by atoms with van der Waals surface area (Å²) in [5.41, 5.74) is 0.402. The highest BCUT2D eigenvalue weighted by Gasteiger charge is 2.43. The third-order valence-electron chi connectivity index (χ3n) is 5.25. The van der Waals surface area contributed by atoms with Crippen molar-refractivity contribution in [3.05, 3.63) is 24.1 Å². The molecule has 0 radical (unpaired) electrons. The maximum Gasteiger partial charge on any atom is 0.330 e. The van der Waals surface area contributed by atoms with Crippen molar-refractivity contribution in [2.45, 2.75) is 77.8 Å². The lowest BCUT2D eigenvalue weighted by Gasteiger charge is -2.38. The van der Waals surface area contributed by atoms with E-state index in [4.69, 9.17) is 8.85 Å². The second kappa shape index (κ2) is 7.70. The Balaban J connectivity index is 5.62. The Morgan fingerprint density at radius 3 is 1.56 bits per heavy atom. The predicted octanol–water partition coefficient (Wildman–Crippen LogP) is 5.52. The number of carbonyl (C=O) groups is 1.